The van der Waals surface area contributed by atoms with Crippen molar-refractivity contribution < 1.29 is 4.79 Å². The number of nitrogens with one attached hydrogen (secondary N) is 1. The van der Waals surface area contributed by atoms with Crippen LogP contribution < -0.4 is 5.32 Å². The average Bonchev–Trinajstić information content (AvgIpc) is 2.03. The second-order valence-electron chi connectivity index (χ2n) is 4.47. The molecule has 0 aliphatic carbocycles. The molecule has 1 saturated heterocycles. The van der Waals surface area contributed by atoms with E-state index in [1.807, 2.05) is 18.7 Å². The van der Waals surface area contributed by atoms with E-state index in [9.17, 15) is 4.79 Å². The number of carbonyl (C=O) groups is 1. The van der Waals surface area contributed by atoms with Gasteiger partial charge in [-0.25, -0.2) is 0 Å². The number of carbonyl (C=O) groups excluding carboxylic acids is 1. The Bertz CT molecular complexity index is 178. The van der Waals surface area contributed by atoms with Crippen LogP contribution in [0.1, 0.15) is 20.3 Å². The lowest BCUT2D eigenvalue weighted by molar-refractivity contribution is -0.133. The molecule has 1 aliphatic rings. The summed E-state index contributed by atoms with van der Waals surface area (Å²) in [6.45, 7) is 11.5. The second kappa shape index (κ2) is 4.09. The summed E-state index contributed by atoms with van der Waals surface area (Å²) in [4.78, 5) is 13.6. The van der Waals surface area contributed by atoms with Crippen LogP contribution in [0.3, 0.4) is 0 Å². The molecule has 0 unspecified atom stereocenters. The highest BCUT2D eigenvalue weighted by Gasteiger charge is 2.21. The molecule has 1 heterocycles. The van der Waals surface area contributed by atoms with E-state index >= 15 is 0 Å². The summed E-state index contributed by atoms with van der Waals surface area (Å²) < 4.78 is 0. The van der Waals surface area contributed by atoms with Gasteiger partial charge >= 0.3 is 0 Å². The minimum atomic E-state index is -0.137. The summed E-state index contributed by atoms with van der Waals surface area (Å²) in [7, 11) is 0. The molecule has 13 heavy (non-hydrogen) atoms. The molecule has 0 aromatic heterocycles. The predicted octanol–water partition coefficient (Wildman–Crippen LogP) is 0.669. The minimum Gasteiger partial charge on any atom is -0.340 e. The van der Waals surface area contributed by atoms with Crippen molar-refractivity contribution in [2.75, 3.05) is 26.2 Å². The molecule has 1 rings (SSSR count). The van der Waals surface area contributed by atoms with Gasteiger partial charge in [0, 0.05) is 32.6 Å². The Kier molecular flexibility index (Phi) is 3.31. The Morgan fingerprint density at radius 2 is 2.00 bits per heavy atom. The lowest BCUT2D eigenvalue weighted by Crippen LogP contribution is -2.47. The SMILES string of the molecule is [CH2]C(C)(C)CC(=O)N1CCNCC1. The van der Waals surface area contributed by atoms with E-state index in [0.29, 0.717) is 6.42 Å². The molecule has 0 aromatic carbocycles. The molecule has 0 aromatic rings. The van der Waals surface area contributed by atoms with Crippen LogP contribution >= 0.6 is 0 Å². The highest BCUT2D eigenvalue weighted by atomic mass is 16.2. The Morgan fingerprint density at radius 1 is 1.46 bits per heavy atom. The van der Waals surface area contributed by atoms with Gasteiger partial charge in [-0.15, -0.1) is 0 Å². The number of nitrogens with zero attached hydrogens (tertiary/aromatic N) is 1. The van der Waals surface area contributed by atoms with Crippen molar-refractivity contribution in [2.45, 2.75) is 20.3 Å². The van der Waals surface area contributed by atoms with Crippen molar-refractivity contribution in [3.63, 3.8) is 0 Å². The van der Waals surface area contributed by atoms with Crippen LogP contribution in [0.2, 0.25) is 0 Å². The Balaban J connectivity index is 2.38. The monoisotopic (exact) mass is 183 g/mol. The van der Waals surface area contributed by atoms with E-state index in [0.717, 1.165) is 26.2 Å². The van der Waals surface area contributed by atoms with Crippen LogP contribution in [-0.4, -0.2) is 37.0 Å². The van der Waals surface area contributed by atoms with Crippen molar-refractivity contribution >= 4 is 5.91 Å². The summed E-state index contributed by atoms with van der Waals surface area (Å²) in [6, 6.07) is 0. The fourth-order valence-corrected chi connectivity index (χ4v) is 1.44. The van der Waals surface area contributed by atoms with Crippen LogP contribution in [0.4, 0.5) is 0 Å². The third-order valence-electron chi connectivity index (χ3n) is 2.10. The van der Waals surface area contributed by atoms with Gasteiger partial charge in [-0.1, -0.05) is 13.8 Å². The first-order valence-electron chi connectivity index (χ1n) is 4.83. The first kappa shape index (κ1) is 10.5. The summed E-state index contributed by atoms with van der Waals surface area (Å²) >= 11 is 0. The van der Waals surface area contributed by atoms with Crippen LogP contribution in [0, 0.1) is 12.3 Å². The number of rotatable bonds is 2. The van der Waals surface area contributed by atoms with Gasteiger partial charge in [-0.05, 0) is 12.3 Å². The van der Waals surface area contributed by atoms with Crippen molar-refractivity contribution in [1.82, 2.24) is 10.2 Å². The van der Waals surface area contributed by atoms with E-state index in [-0.39, 0.29) is 11.3 Å². The molecule has 0 bridgehead atoms. The fourth-order valence-electron chi connectivity index (χ4n) is 1.44. The lowest BCUT2D eigenvalue weighted by atomic mass is 9.91. The Morgan fingerprint density at radius 3 is 2.46 bits per heavy atom. The zero-order chi connectivity index (χ0) is 9.90. The Labute approximate surface area is 80.5 Å². The number of hydrogen-bond acceptors (Lipinski definition) is 2. The largest absolute Gasteiger partial charge is 0.340 e. The maximum atomic E-state index is 11.7. The highest BCUT2D eigenvalue weighted by molar-refractivity contribution is 5.77. The maximum absolute atomic E-state index is 11.7. The summed E-state index contributed by atoms with van der Waals surface area (Å²) in [5.41, 5.74) is -0.137. The first-order valence-corrected chi connectivity index (χ1v) is 4.83. The minimum absolute atomic E-state index is 0.137. The van der Waals surface area contributed by atoms with Crippen molar-refractivity contribution in [2.24, 2.45) is 5.41 Å². The third kappa shape index (κ3) is 3.77. The molecule has 3 nitrogen and oxygen atoms in total. The van der Waals surface area contributed by atoms with Gasteiger partial charge in [-0.3, -0.25) is 4.79 Å². The van der Waals surface area contributed by atoms with E-state index in [1.165, 1.54) is 0 Å². The molecule has 1 amide bonds. The molecule has 3 heteroatoms. The van der Waals surface area contributed by atoms with E-state index < -0.39 is 0 Å². The zero-order valence-electron chi connectivity index (χ0n) is 8.60. The summed E-state index contributed by atoms with van der Waals surface area (Å²) in [6.07, 6.45) is 0.549. The molecule has 0 atom stereocenters. The average molecular weight is 183 g/mol. The molecule has 1 aliphatic heterocycles. The quantitative estimate of drug-likeness (QED) is 0.682. The molecule has 1 N–H and O–H groups in total. The highest BCUT2D eigenvalue weighted by Crippen LogP contribution is 2.19. The van der Waals surface area contributed by atoms with Gasteiger partial charge in [0.05, 0.1) is 0 Å². The molecule has 1 fully saturated rings. The Hall–Kier alpha value is -0.570. The van der Waals surface area contributed by atoms with Gasteiger partial charge < -0.3 is 10.2 Å². The van der Waals surface area contributed by atoms with E-state index in [1.54, 1.807) is 0 Å². The first-order chi connectivity index (χ1) is 5.99. The second-order valence-corrected chi connectivity index (χ2v) is 4.47. The molecular formula is C10H19N2O. The summed E-state index contributed by atoms with van der Waals surface area (Å²) in [5, 5.41) is 3.22. The molecule has 75 valence electrons. The standard InChI is InChI=1S/C10H19N2O/c1-10(2,3)8-9(13)12-6-4-11-5-7-12/h11H,1,4-8H2,2-3H3. The zero-order valence-corrected chi connectivity index (χ0v) is 8.60. The topological polar surface area (TPSA) is 32.3 Å². The normalized spacial score (nSPS) is 18.8. The molecule has 0 saturated carbocycles. The predicted molar refractivity (Wildman–Crippen MR) is 53.2 cm³/mol. The van der Waals surface area contributed by atoms with Crippen LogP contribution in [0.15, 0.2) is 0 Å². The summed E-state index contributed by atoms with van der Waals surface area (Å²) in [5.74, 6) is 0.238. The van der Waals surface area contributed by atoms with Gasteiger partial charge in [0.15, 0.2) is 0 Å². The van der Waals surface area contributed by atoms with E-state index in [4.69, 9.17) is 0 Å². The maximum Gasteiger partial charge on any atom is 0.223 e. The van der Waals surface area contributed by atoms with Gasteiger partial charge in [-0.2, -0.15) is 0 Å². The van der Waals surface area contributed by atoms with Crippen molar-refractivity contribution in [1.29, 1.82) is 0 Å². The molecule has 0 spiro atoms. The van der Waals surface area contributed by atoms with Crippen LogP contribution in [0.25, 0.3) is 0 Å². The van der Waals surface area contributed by atoms with Gasteiger partial charge in [0.2, 0.25) is 5.91 Å². The molecule has 1 radical (unpaired) electrons. The van der Waals surface area contributed by atoms with Crippen LogP contribution in [0.5, 0.6) is 0 Å². The van der Waals surface area contributed by atoms with Gasteiger partial charge in [0.25, 0.3) is 0 Å². The third-order valence-corrected chi connectivity index (χ3v) is 2.10. The van der Waals surface area contributed by atoms with Gasteiger partial charge in [0.1, 0.15) is 0 Å². The van der Waals surface area contributed by atoms with Crippen molar-refractivity contribution in [3.8, 4) is 0 Å². The lowest BCUT2D eigenvalue weighted by Gasteiger charge is -2.30. The smallest absolute Gasteiger partial charge is 0.223 e. The number of hydrogen-bond donors (Lipinski definition) is 1. The van der Waals surface area contributed by atoms with Crippen molar-refractivity contribution in [3.05, 3.63) is 6.92 Å². The fraction of sp³-hybridized carbons (Fsp3) is 0.800. The number of amides is 1. The molecular weight excluding hydrogens is 164 g/mol. The number of piperazine rings is 1. The van der Waals surface area contributed by atoms with Crippen LogP contribution in [-0.2, 0) is 4.79 Å². The van der Waals surface area contributed by atoms with E-state index in [2.05, 4.69) is 12.2 Å².